The fraction of sp³-hybridized carbons (Fsp3) is 0.350. The summed E-state index contributed by atoms with van der Waals surface area (Å²) in [6, 6.07) is 17.2. The van der Waals surface area contributed by atoms with Gasteiger partial charge in [-0.25, -0.2) is 4.79 Å². The minimum Gasteiger partial charge on any atom is -0.443 e. The quantitative estimate of drug-likeness (QED) is 0.844. The van der Waals surface area contributed by atoms with Crippen LogP contribution in [-0.4, -0.2) is 17.3 Å². The summed E-state index contributed by atoms with van der Waals surface area (Å²) in [4.78, 5) is 12.1. The van der Waals surface area contributed by atoms with Crippen LogP contribution in [0.3, 0.4) is 0 Å². The Kier molecular flexibility index (Phi) is 6.38. The fourth-order valence-electron chi connectivity index (χ4n) is 2.60. The Morgan fingerprint density at radius 2 is 1.71 bits per heavy atom. The molecule has 0 radical (unpaired) electrons. The van der Waals surface area contributed by atoms with Gasteiger partial charge in [0.05, 0.1) is 0 Å². The van der Waals surface area contributed by atoms with E-state index in [2.05, 4.69) is 5.32 Å². The van der Waals surface area contributed by atoms with Gasteiger partial charge in [0, 0.05) is 6.54 Å². The molecule has 2 atom stereocenters. The predicted molar refractivity (Wildman–Crippen MR) is 94.5 cm³/mol. The highest BCUT2D eigenvalue weighted by Gasteiger charge is 2.28. The molecule has 0 saturated heterocycles. The zero-order valence-electron chi connectivity index (χ0n) is 14.4. The number of ether oxygens (including phenoxy) is 1. The monoisotopic (exact) mass is 327 g/mol. The van der Waals surface area contributed by atoms with Gasteiger partial charge in [-0.2, -0.15) is 0 Å². The van der Waals surface area contributed by atoms with Gasteiger partial charge in [-0.15, -0.1) is 0 Å². The molecule has 0 heterocycles. The first kappa shape index (κ1) is 18.0. The van der Waals surface area contributed by atoms with Crippen molar-refractivity contribution in [3.05, 3.63) is 71.3 Å². The molecule has 0 bridgehead atoms. The van der Waals surface area contributed by atoms with Gasteiger partial charge in [-0.3, -0.25) is 0 Å². The van der Waals surface area contributed by atoms with Crippen LogP contribution < -0.4 is 5.32 Å². The van der Waals surface area contributed by atoms with Crippen molar-refractivity contribution < 1.29 is 14.6 Å². The van der Waals surface area contributed by atoms with Crippen molar-refractivity contribution in [1.82, 2.24) is 5.32 Å². The van der Waals surface area contributed by atoms with Gasteiger partial charge < -0.3 is 15.2 Å². The fourth-order valence-corrected chi connectivity index (χ4v) is 2.60. The lowest BCUT2D eigenvalue weighted by molar-refractivity contribution is -0.0233. The van der Waals surface area contributed by atoms with Crippen molar-refractivity contribution >= 4 is 6.09 Å². The summed E-state index contributed by atoms with van der Waals surface area (Å²) in [5.74, 6) is -0.0120. The zero-order chi connectivity index (χ0) is 17.5. The maximum Gasteiger partial charge on any atom is 0.407 e. The number of hydrogen-bond donors (Lipinski definition) is 2. The van der Waals surface area contributed by atoms with E-state index in [0.717, 1.165) is 16.7 Å². The standard InChI is InChI=1S/C20H25NO3/c1-14(2)19(18(22)17-12-8-7-9-15(17)3)24-20(23)21-13-16-10-5-4-6-11-16/h4-12,14,18-19,22H,13H2,1-3H3,(H,21,23). The third-order valence-electron chi connectivity index (χ3n) is 4.00. The van der Waals surface area contributed by atoms with Gasteiger partial charge in [-0.1, -0.05) is 68.4 Å². The van der Waals surface area contributed by atoms with Gasteiger partial charge in [0.15, 0.2) is 0 Å². The third kappa shape index (κ3) is 4.83. The Balaban J connectivity index is 2.00. The lowest BCUT2D eigenvalue weighted by atomic mass is 9.93. The van der Waals surface area contributed by atoms with Gasteiger partial charge in [-0.05, 0) is 29.5 Å². The first-order valence-electron chi connectivity index (χ1n) is 8.21. The summed E-state index contributed by atoms with van der Waals surface area (Å²) >= 11 is 0. The van der Waals surface area contributed by atoms with Crippen LogP contribution in [0.25, 0.3) is 0 Å². The van der Waals surface area contributed by atoms with Crippen molar-refractivity contribution in [3.8, 4) is 0 Å². The maximum absolute atomic E-state index is 12.1. The molecule has 4 heteroatoms. The van der Waals surface area contributed by atoms with Gasteiger partial charge in [0.1, 0.15) is 12.2 Å². The first-order valence-corrected chi connectivity index (χ1v) is 8.21. The van der Waals surface area contributed by atoms with E-state index < -0.39 is 18.3 Å². The number of carbonyl (C=O) groups excluding carboxylic acids is 1. The van der Waals surface area contributed by atoms with Crippen LogP contribution in [0.2, 0.25) is 0 Å². The SMILES string of the molecule is Cc1ccccc1C(O)C(OC(=O)NCc1ccccc1)C(C)C. The van der Waals surface area contributed by atoms with E-state index in [4.69, 9.17) is 4.74 Å². The number of rotatable bonds is 6. The molecule has 0 fully saturated rings. The number of amides is 1. The number of hydrogen-bond acceptors (Lipinski definition) is 3. The molecular formula is C20H25NO3. The largest absolute Gasteiger partial charge is 0.443 e. The normalized spacial score (nSPS) is 13.4. The molecule has 0 aliphatic carbocycles. The Hall–Kier alpha value is -2.33. The Labute approximate surface area is 143 Å². The molecule has 2 aromatic rings. The van der Waals surface area contributed by atoms with Crippen molar-refractivity contribution in [1.29, 1.82) is 0 Å². The molecular weight excluding hydrogens is 302 g/mol. The summed E-state index contributed by atoms with van der Waals surface area (Å²) in [5, 5.41) is 13.4. The number of aliphatic hydroxyl groups is 1. The summed E-state index contributed by atoms with van der Waals surface area (Å²) in [7, 11) is 0. The number of nitrogens with one attached hydrogen (secondary N) is 1. The third-order valence-corrected chi connectivity index (χ3v) is 4.00. The van der Waals surface area contributed by atoms with Gasteiger partial charge in [0.25, 0.3) is 0 Å². The number of aryl methyl sites for hydroxylation is 1. The second kappa shape index (κ2) is 8.50. The highest BCUT2D eigenvalue weighted by molar-refractivity contribution is 5.67. The number of benzene rings is 2. The van der Waals surface area contributed by atoms with E-state index in [0.29, 0.717) is 6.54 Å². The summed E-state index contributed by atoms with van der Waals surface area (Å²) < 4.78 is 5.50. The number of carbonyl (C=O) groups is 1. The summed E-state index contributed by atoms with van der Waals surface area (Å²) in [5.41, 5.74) is 2.76. The minimum absolute atomic E-state index is 0.0120. The van der Waals surface area contributed by atoms with Crippen LogP contribution in [0, 0.1) is 12.8 Å². The topological polar surface area (TPSA) is 58.6 Å². The molecule has 0 aromatic heterocycles. The molecule has 128 valence electrons. The van der Waals surface area contributed by atoms with Gasteiger partial charge in [0.2, 0.25) is 0 Å². The molecule has 0 saturated carbocycles. The molecule has 4 nitrogen and oxygen atoms in total. The average Bonchev–Trinajstić information content (AvgIpc) is 2.58. The molecule has 0 spiro atoms. The molecule has 2 aromatic carbocycles. The summed E-state index contributed by atoms with van der Waals surface area (Å²) in [6.45, 7) is 6.18. The predicted octanol–water partition coefficient (Wildman–Crippen LogP) is 3.98. The number of alkyl carbamates (subject to hydrolysis) is 1. The van der Waals surface area contributed by atoms with Crippen LogP contribution in [0.1, 0.15) is 36.6 Å². The Morgan fingerprint density at radius 3 is 2.33 bits per heavy atom. The van der Waals surface area contributed by atoms with Crippen molar-refractivity contribution in [2.45, 2.75) is 39.5 Å². The van der Waals surface area contributed by atoms with Crippen LogP contribution in [-0.2, 0) is 11.3 Å². The van der Waals surface area contributed by atoms with Crippen molar-refractivity contribution in [3.63, 3.8) is 0 Å². The highest BCUT2D eigenvalue weighted by Crippen LogP contribution is 2.27. The maximum atomic E-state index is 12.1. The van der Waals surface area contributed by atoms with E-state index in [9.17, 15) is 9.90 Å². The van der Waals surface area contributed by atoms with Gasteiger partial charge >= 0.3 is 6.09 Å². The average molecular weight is 327 g/mol. The molecule has 2 unspecified atom stereocenters. The second-order valence-electron chi connectivity index (χ2n) is 6.25. The van der Waals surface area contributed by atoms with E-state index in [1.807, 2.05) is 75.4 Å². The van der Waals surface area contributed by atoms with E-state index in [1.165, 1.54) is 0 Å². The first-order chi connectivity index (χ1) is 11.5. The molecule has 1 amide bonds. The van der Waals surface area contributed by atoms with Crippen LogP contribution in [0.5, 0.6) is 0 Å². The molecule has 24 heavy (non-hydrogen) atoms. The number of aliphatic hydroxyl groups excluding tert-OH is 1. The van der Waals surface area contributed by atoms with Crippen molar-refractivity contribution in [2.75, 3.05) is 0 Å². The second-order valence-corrected chi connectivity index (χ2v) is 6.25. The summed E-state index contributed by atoms with van der Waals surface area (Å²) in [6.07, 6.45) is -1.99. The highest BCUT2D eigenvalue weighted by atomic mass is 16.6. The lowest BCUT2D eigenvalue weighted by Gasteiger charge is -2.27. The Bertz CT molecular complexity index is 655. The Morgan fingerprint density at radius 1 is 1.08 bits per heavy atom. The molecule has 2 rings (SSSR count). The smallest absolute Gasteiger partial charge is 0.407 e. The van der Waals surface area contributed by atoms with E-state index in [1.54, 1.807) is 0 Å². The lowest BCUT2D eigenvalue weighted by Crippen LogP contribution is -2.35. The van der Waals surface area contributed by atoms with Crippen LogP contribution >= 0.6 is 0 Å². The van der Waals surface area contributed by atoms with Crippen molar-refractivity contribution in [2.24, 2.45) is 5.92 Å². The van der Waals surface area contributed by atoms with E-state index >= 15 is 0 Å². The molecule has 0 aliphatic rings. The van der Waals surface area contributed by atoms with Crippen LogP contribution in [0.15, 0.2) is 54.6 Å². The van der Waals surface area contributed by atoms with Crippen LogP contribution in [0.4, 0.5) is 4.79 Å². The zero-order valence-corrected chi connectivity index (χ0v) is 14.4. The molecule has 2 N–H and O–H groups in total. The minimum atomic E-state index is -0.853. The molecule has 0 aliphatic heterocycles. The van der Waals surface area contributed by atoms with E-state index in [-0.39, 0.29) is 5.92 Å².